The molecule has 2 rings (SSSR count). The fourth-order valence-corrected chi connectivity index (χ4v) is 4.86. The quantitative estimate of drug-likeness (QED) is 0.402. The van der Waals surface area contributed by atoms with Gasteiger partial charge < -0.3 is 10.5 Å². The Morgan fingerprint density at radius 1 is 1.25 bits per heavy atom. The first-order valence-electron chi connectivity index (χ1n) is 7.41. The minimum atomic E-state index is -3.48. The molecular weight excluding hydrogens is 278 g/mol. The monoisotopic (exact) mass is 303 g/mol. The van der Waals surface area contributed by atoms with Crippen molar-refractivity contribution in [3.63, 3.8) is 0 Å². The van der Waals surface area contributed by atoms with Crippen molar-refractivity contribution in [3.05, 3.63) is 0 Å². The highest BCUT2D eigenvalue weighted by Gasteiger charge is 2.39. The highest BCUT2D eigenvalue weighted by atomic mass is 32.2. The molecule has 1 unspecified atom stereocenters. The van der Waals surface area contributed by atoms with Crippen molar-refractivity contribution in [2.24, 2.45) is 5.73 Å². The summed E-state index contributed by atoms with van der Waals surface area (Å²) in [5.41, 5.74) is 4.83. The molecular formula is C13H25N3O3S. The predicted octanol–water partition coefficient (Wildman–Crippen LogP) is 1.11. The van der Waals surface area contributed by atoms with E-state index in [0.717, 1.165) is 38.5 Å². The SMILES string of the molecule is N=C(N)C1(NS(=O)(=O)CC2CCCO2)CCCCCC1. The van der Waals surface area contributed by atoms with E-state index < -0.39 is 15.6 Å². The molecule has 116 valence electrons. The van der Waals surface area contributed by atoms with Crippen LogP contribution in [0.5, 0.6) is 0 Å². The van der Waals surface area contributed by atoms with E-state index in [1.54, 1.807) is 0 Å². The van der Waals surface area contributed by atoms with Crippen molar-refractivity contribution in [2.45, 2.75) is 63.0 Å². The van der Waals surface area contributed by atoms with Crippen LogP contribution >= 0.6 is 0 Å². The van der Waals surface area contributed by atoms with Gasteiger partial charge in [0.15, 0.2) is 0 Å². The summed E-state index contributed by atoms with van der Waals surface area (Å²) in [6, 6.07) is 0. The number of hydrogen-bond donors (Lipinski definition) is 3. The molecule has 1 atom stereocenters. The maximum Gasteiger partial charge on any atom is 0.215 e. The fraction of sp³-hybridized carbons (Fsp3) is 0.923. The number of amidine groups is 1. The lowest BCUT2D eigenvalue weighted by molar-refractivity contribution is 0.127. The van der Waals surface area contributed by atoms with E-state index in [1.807, 2.05) is 0 Å². The summed E-state index contributed by atoms with van der Waals surface area (Å²) in [6.45, 7) is 0.637. The largest absolute Gasteiger partial charge is 0.386 e. The zero-order chi connectivity index (χ0) is 14.6. The lowest BCUT2D eigenvalue weighted by atomic mass is 9.90. The minimum absolute atomic E-state index is 0.0258. The molecule has 1 heterocycles. The number of sulfonamides is 1. The Labute approximate surface area is 121 Å². The highest BCUT2D eigenvalue weighted by Crippen LogP contribution is 2.28. The molecule has 6 nitrogen and oxygen atoms in total. The third kappa shape index (κ3) is 3.93. The third-order valence-electron chi connectivity index (χ3n) is 4.25. The number of ether oxygens (including phenoxy) is 1. The molecule has 0 spiro atoms. The van der Waals surface area contributed by atoms with Crippen molar-refractivity contribution in [2.75, 3.05) is 12.4 Å². The van der Waals surface area contributed by atoms with E-state index in [4.69, 9.17) is 15.9 Å². The summed E-state index contributed by atoms with van der Waals surface area (Å²) in [5.74, 6) is -0.0857. The normalized spacial score (nSPS) is 27.1. The van der Waals surface area contributed by atoms with Gasteiger partial charge in [-0.2, -0.15) is 0 Å². The molecule has 2 aliphatic rings. The summed E-state index contributed by atoms with van der Waals surface area (Å²) >= 11 is 0. The first-order valence-corrected chi connectivity index (χ1v) is 9.07. The van der Waals surface area contributed by atoms with Gasteiger partial charge in [-0.25, -0.2) is 13.1 Å². The third-order valence-corrected chi connectivity index (χ3v) is 5.77. The summed E-state index contributed by atoms with van der Waals surface area (Å²) in [4.78, 5) is 0. The summed E-state index contributed by atoms with van der Waals surface area (Å²) in [5, 5.41) is 7.82. The van der Waals surface area contributed by atoms with Crippen LogP contribution in [0.25, 0.3) is 0 Å². The van der Waals surface area contributed by atoms with Crippen molar-refractivity contribution in [1.82, 2.24) is 4.72 Å². The van der Waals surface area contributed by atoms with E-state index in [-0.39, 0.29) is 17.7 Å². The molecule has 7 heteroatoms. The molecule has 1 saturated carbocycles. The minimum Gasteiger partial charge on any atom is -0.386 e. The summed E-state index contributed by atoms with van der Waals surface area (Å²) in [6.07, 6.45) is 6.67. The molecule has 1 aliphatic carbocycles. The van der Waals surface area contributed by atoms with Crippen LogP contribution in [0.1, 0.15) is 51.4 Å². The lowest BCUT2D eigenvalue weighted by Crippen LogP contribution is -2.57. The lowest BCUT2D eigenvalue weighted by Gasteiger charge is -2.32. The van der Waals surface area contributed by atoms with Gasteiger partial charge in [0.2, 0.25) is 10.0 Å². The van der Waals surface area contributed by atoms with E-state index in [2.05, 4.69) is 4.72 Å². The molecule has 0 aromatic carbocycles. The number of nitrogens with two attached hydrogens (primary N) is 1. The topological polar surface area (TPSA) is 105 Å². The zero-order valence-corrected chi connectivity index (χ0v) is 12.7. The van der Waals surface area contributed by atoms with E-state index in [0.29, 0.717) is 19.4 Å². The van der Waals surface area contributed by atoms with Gasteiger partial charge in [-0.3, -0.25) is 5.41 Å². The van der Waals surface area contributed by atoms with Gasteiger partial charge in [-0.15, -0.1) is 0 Å². The molecule has 0 amide bonds. The molecule has 1 saturated heterocycles. The van der Waals surface area contributed by atoms with Gasteiger partial charge in [0.1, 0.15) is 5.84 Å². The number of rotatable bonds is 5. The Hall–Kier alpha value is -0.660. The smallest absolute Gasteiger partial charge is 0.215 e. The average molecular weight is 303 g/mol. The molecule has 0 radical (unpaired) electrons. The van der Waals surface area contributed by atoms with Crippen molar-refractivity contribution in [1.29, 1.82) is 5.41 Å². The summed E-state index contributed by atoms with van der Waals surface area (Å²) < 4.78 is 32.8. The van der Waals surface area contributed by atoms with Crippen molar-refractivity contribution >= 4 is 15.9 Å². The van der Waals surface area contributed by atoms with Gasteiger partial charge >= 0.3 is 0 Å². The Morgan fingerprint density at radius 2 is 1.90 bits per heavy atom. The number of nitrogens with one attached hydrogen (secondary N) is 2. The molecule has 2 fully saturated rings. The van der Waals surface area contributed by atoms with Gasteiger partial charge in [0.25, 0.3) is 0 Å². The molecule has 0 bridgehead atoms. The van der Waals surface area contributed by atoms with Crippen LogP contribution in [0.15, 0.2) is 0 Å². The van der Waals surface area contributed by atoms with Crippen LogP contribution in [0, 0.1) is 5.41 Å². The first-order chi connectivity index (χ1) is 9.44. The van der Waals surface area contributed by atoms with Crippen LogP contribution in [-0.4, -0.2) is 38.3 Å². The maximum atomic E-state index is 12.3. The molecule has 1 aliphatic heterocycles. The van der Waals surface area contributed by atoms with E-state index in [9.17, 15) is 8.42 Å². The predicted molar refractivity (Wildman–Crippen MR) is 78.2 cm³/mol. The molecule has 0 aromatic heterocycles. The van der Waals surface area contributed by atoms with Gasteiger partial charge in [0.05, 0.1) is 17.4 Å². The molecule has 0 aromatic rings. The Bertz CT molecular complexity index is 436. The Balaban J connectivity index is 2.07. The van der Waals surface area contributed by atoms with Crippen molar-refractivity contribution in [3.8, 4) is 0 Å². The Kier molecular flexibility index (Phi) is 5.04. The first kappa shape index (κ1) is 15.7. The second-order valence-corrected chi connectivity index (χ2v) is 7.70. The van der Waals surface area contributed by atoms with Crippen LogP contribution in [0.4, 0.5) is 0 Å². The van der Waals surface area contributed by atoms with Crippen LogP contribution in [0.3, 0.4) is 0 Å². The van der Waals surface area contributed by atoms with Crippen LogP contribution in [-0.2, 0) is 14.8 Å². The highest BCUT2D eigenvalue weighted by molar-refractivity contribution is 7.89. The average Bonchev–Trinajstić information content (AvgIpc) is 2.72. The standard InChI is InChI=1S/C13H25N3O3S/c14-12(15)13(7-3-1-2-4-8-13)16-20(17,18)10-11-6-5-9-19-11/h11,16H,1-10H2,(H3,14,15). The fourth-order valence-electron chi connectivity index (χ4n) is 3.12. The van der Waals surface area contributed by atoms with Crippen LogP contribution in [0.2, 0.25) is 0 Å². The second kappa shape index (κ2) is 6.41. The Morgan fingerprint density at radius 3 is 2.40 bits per heavy atom. The van der Waals surface area contributed by atoms with Gasteiger partial charge in [0, 0.05) is 6.61 Å². The van der Waals surface area contributed by atoms with Gasteiger partial charge in [-0.1, -0.05) is 25.7 Å². The van der Waals surface area contributed by atoms with Gasteiger partial charge in [-0.05, 0) is 25.7 Å². The molecule has 20 heavy (non-hydrogen) atoms. The second-order valence-electron chi connectivity index (χ2n) is 5.93. The maximum absolute atomic E-state index is 12.3. The van der Waals surface area contributed by atoms with Crippen molar-refractivity contribution < 1.29 is 13.2 Å². The van der Waals surface area contributed by atoms with E-state index in [1.165, 1.54) is 0 Å². The zero-order valence-electron chi connectivity index (χ0n) is 11.9. The van der Waals surface area contributed by atoms with E-state index >= 15 is 0 Å². The van der Waals surface area contributed by atoms with Crippen LogP contribution < -0.4 is 10.5 Å². The number of hydrogen-bond acceptors (Lipinski definition) is 4. The molecule has 4 N–H and O–H groups in total. The summed E-state index contributed by atoms with van der Waals surface area (Å²) in [7, 11) is -3.48.